The van der Waals surface area contributed by atoms with Crippen LogP contribution in [-0.2, 0) is 15.1 Å². The molecule has 0 aliphatic carbocycles. The molecule has 184 valence electrons. The van der Waals surface area contributed by atoms with Gasteiger partial charge in [0.05, 0.1) is 12.6 Å². The lowest BCUT2D eigenvalue weighted by molar-refractivity contribution is -0.150. The molecule has 0 bridgehead atoms. The standard InChI is InChI=1S/C30H27Cl2NO3/c1-29(28(34)35-2,21-36-27-19-25(31)18-26(32)20-27)33-30(22-12-6-3-7-13-22,23-14-8-4-9-15-23)24-16-10-5-11-17-24/h3-20,33H,21H2,1-2H3/t29-/m1/s1. The summed E-state index contributed by atoms with van der Waals surface area (Å²) in [5, 5.41) is 4.56. The maximum atomic E-state index is 13.3. The third-order valence-corrected chi connectivity index (χ3v) is 6.52. The number of benzene rings is 4. The van der Waals surface area contributed by atoms with E-state index in [1.54, 1.807) is 25.1 Å². The molecule has 0 radical (unpaired) electrons. The monoisotopic (exact) mass is 519 g/mol. The van der Waals surface area contributed by atoms with Gasteiger partial charge in [-0.25, -0.2) is 4.79 Å². The number of rotatable bonds is 9. The van der Waals surface area contributed by atoms with Gasteiger partial charge in [0.1, 0.15) is 17.9 Å². The minimum atomic E-state index is -1.27. The Kier molecular flexibility index (Phi) is 8.00. The molecule has 0 spiro atoms. The predicted octanol–water partition coefficient (Wildman–Crippen LogP) is 6.89. The highest BCUT2D eigenvalue weighted by Gasteiger charge is 2.46. The average molecular weight is 520 g/mol. The Balaban J connectivity index is 1.87. The zero-order valence-electron chi connectivity index (χ0n) is 20.1. The first-order valence-electron chi connectivity index (χ1n) is 11.5. The highest BCUT2D eigenvalue weighted by Crippen LogP contribution is 2.39. The summed E-state index contributed by atoms with van der Waals surface area (Å²) in [6.07, 6.45) is 0. The van der Waals surface area contributed by atoms with E-state index in [0.717, 1.165) is 16.7 Å². The largest absolute Gasteiger partial charge is 0.491 e. The molecule has 0 fully saturated rings. The van der Waals surface area contributed by atoms with Crippen LogP contribution in [0.1, 0.15) is 23.6 Å². The molecule has 4 rings (SSSR count). The van der Waals surface area contributed by atoms with Crippen molar-refractivity contribution in [1.82, 2.24) is 5.32 Å². The molecule has 0 aliphatic rings. The highest BCUT2D eigenvalue weighted by atomic mass is 35.5. The Hall–Kier alpha value is -3.31. The molecule has 0 unspecified atom stereocenters. The Morgan fingerprint density at radius 1 is 0.750 bits per heavy atom. The first kappa shape index (κ1) is 25.8. The molecule has 0 aliphatic heterocycles. The Morgan fingerprint density at radius 3 is 1.56 bits per heavy atom. The van der Waals surface area contributed by atoms with E-state index in [9.17, 15) is 4.79 Å². The summed E-state index contributed by atoms with van der Waals surface area (Å²) >= 11 is 12.3. The molecule has 1 N–H and O–H groups in total. The smallest absolute Gasteiger partial charge is 0.329 e. The van der Waals surface area contributed by atoms with Crippen LogP contribution >= 0.6 is 23.2 Å². The summed E-state index contributed by atoms with van der Waals surface area (Å²) in [4.78, 5) is 13.3. The summed E-state index contributed by atoms with van der Waals surface area (Å²) < 4.78 is 11.3. The SMILES string of the molecule is COC(=O)[C@@](C)(COc1cc(Cl)cc(Cl)c1)NC(c1ccccc1)(c1ccccc1)c1ccccc1. The number of carbonyl (C=O) groups is 1. The number of nitrogens with one attached hydrogen (secondary N) is 1. The van der Waals surface area contributed by atoms with E-state index in [2.05, 4.69) is 5.32 Å². The van der Waals surface area contributed by atoms with Gasteiger partial charge in [0.2, 0.25) is 0 Å². The lowest BCUT2D eigenvalue weighted by atomic mass is 9.75. The quantitative estimate of drug-likeness (QED) is 0.193. The van der Waals surface area contributed by atoms with Crippen molar-refractivity contribution in [2.45, 2.75) is 18.0 Å². The van der Waals surface area contributed by atoms with Gasteiger partial charge in [-0.15, -0.1) is 0 Å². The molecule has 0 amide bonds. The van der Waals surface area contributed by atoms with Gasteiger partial charge in [-0.05, 0) is 41.8 Å². The van der Waals surface area contributed by atoms with Gasteiger partial charge < -0.3 is 9.47 Å². The number of hydrogen-bond acceptors (Lipinski definition) is 4. The first-order chi connectivity index (χ1) is 17.4. The second-order valence-corrected chi connectivity index (χ2v) is 9.56. The van der Waals surface area contributed by atoms with Crippen LogP contribution in [0.3, 0.4) is 0 Å². The lowest BCUT2D eigenvalue weighted by Gasteiger charge is -2.43. The van der Waals surface area contributed by atoms with Crippen molar-refractivity contribution < 1.29 is 14.3 Å². The molecule has 4 aromatic rings. The fourth-order valence-corrected chi connectivity index (χ4v) is 4.91. The van der Waals surface area contributed by atoms with Crippen molar-refractivity contribution in [3.05, 3.63) is 136 Å². The van der Waals surface area contributed by atoms with Crippen molar-refractivity contribution >= 4 is 29.2 Å². The number of carbonyl (C=O) groups excluding carboxylic acids is 1. The van der Waals surface area contributed by atoms with Crippen LogP contribution in [0.5, 0.6) is 5.75 Å². The van der Waals surface area contributed by atoms with Crippen molar-refractivity contribution in [2.24, 2.45) is 0 Å². The molecule has 36 heavy (non-hydrogen) atoms. The van der Waals surface area contributed by atoms with Crippen molar-refractivity contribution in [1.29, 1.82) is 0 Å². The van der Waals surface area contributed by atoms with E-state index >= 15 is 0 Å². The second kappa shape index (κ2) is 11.2. The molecule has 0 saturated carbocycles. The number of esters is 1. The van der Waals surface area contributed by atoms with Crippen LogP contribution < -0.4 is 10.1 Å². The van der Waals surface area contributed by atoms with Crippen molar-refractivity contribution in [2.75, 3.05) is 13.7 Å². The Morgan fingerprint density at radius 2 is 1.17 bits per heavy atom. The van der Waals surface area contributed by atoms with Crippen LogP contribution in [0.25, 0.3) is 0 Å². The van der Waals surface area contributed by atoms with Crippen LogP contribution in [0.2, 0.25) is 10.0 Å². The molecule has 6 heteroatoms. The summed E-state index contributed by atoms with van der Waals surface area (Å²) in [6.45, 7) is 1.74. The average Bonchev–Trinajstić information content (AvgIpc) is 2.91. The molecule has 0 aromatic heterocycles. The van der Waals surface area contributed by atoms with Gasteiger partial charge in [0.15, 0.2) is 0 Å². The molecule has 4 aromatic carbocycles. The maximum Gasteiger partial charge on any atom is 0.329 e. The third kappa shape index (κ3) is 5.41. The molecule has 0 heterocycles. The fraction of sp³-hybridized carbons (Fsp3) is 0.167. The third-order valence-electron chi connectivity index (χ3n) is 6.08. The maximum absolute atomic E-state index is 13.3. The van der Waals surface area contributed by atoms with Gasteiger partial charge in [-0.1, -0.05) is 114 Å². The van der Waals surface area contributed by atoms with Gasteiger partial charge in [0.25, 0.3) is 0 Å². The highest BCUT2D eigenvalue weighted by molar-refractivity contribution is 6.34. The normalized spacial score (nSPS) is 13.0. The van der Waals surface area contributed by atoms with Gasteiger partial charge in [-0.2, -0.15) is 0 Å². The first-order valence-corrected chi connectivity index (χ1v) is 12.3. The Labute approximate surface area is 221 Å². The van der Waals surface area contributed by atoms with Gasteiger partial charge >= 0.3 is 5.97 Å². The molecular formula is C30H27Cl2NO3. The topological polar surface area (TPSA) is 47.6 Å². The minimum absolute atomic E-state index is 0.0371. The molecule has 4 nitrogen and oxygen atoms in total. The zero-order valence-corrected chi connectivity index (χ0v) is 21.6. The van der Waals surface area contributed by atoms with Crippen molar-refractivity contribution in [3.8, 4) is 5.75 Å². The van der Waals surface area contributed by atoms with Crippen LogP contribution in [-0.4, -0.2) is 25.2 Å². The number of methoxy groups -OCH3 is 1. The van der Waals surface area contributed by atoms with E-state index in [1.807, 2.05) is 91.0 Å². The van der Waals surface area contributed by atoms with Crippen LogP contribution in [0.15, 0.2) is 109 Å². The summed E-state index contributed by atoms with van der Waals surface area (Å²) in [5.41, 5.74) is 0.711. The van der Waals surface area contributed by atoms with Crippen LogP contribution in [0.4, 0.5) is 0 Å². The van der Waals surface area contributed by atoms with E-state index in [1.165, 1.54) is 7.11 Å². The molecule has 0 saturated heterocycles. The number of hydrogen-bond donors (Lipinski definition) is 1. The predicted molar refractivity (Wildman–Crippen MR) is 145 cm³/mol. The minimum Gasteiger partial charge on any atom is -0.491 e. The number of ether oxygens (including phenoxy) is 2. The van der Waals surface area contributed by atoms with Crippen molar-refractivity contribution in [3.63, 3.8) is 0 Å². The van der Waals surface area contributed by atoms with Crippen LogP contribution in [0, 0.1) is 0 Å². The van der Waals surface area contributed by atoms with E-state index in [-0.39, 0.29) is 6.61 Å². The van der Waals surface area contributed by atoms with E-state index in [4.69, 9.17) is 32.7 Å². The number of halogens is 2. The lowest BCUT2D eigenvalue weighted by Crippen LogP contribution is -2.63. The van der Waals surface area contributed by atoms with Gasteiger partial charge in [-0.3, -0.25) is 5.32 Å². The summed E-state index contributed by atoms with van der Waals surface area (Å²) in [6, 6.07) is 35.0. The Bertz CT molecular complexity index is 1180. The molecule has 1 atom stereocenters. The fourth-order valence-electron chi connectivity index (χ4n) is 4.41. The van der Waals surface area contributed by atoms with E-state index < -0.39 is 17.0 Å². The van der Waals surface area contributed by atoms with Gasteiger partial charge in [0, 0.05) is 10.0 Å². The molecular weight excluding hydrogens is 493 g/mol. The van der Waals surface area contributed by atoms with E-state index in [0.29, 0.717) is 15.8 Å². The summed E-state index contributed by atoms with van der Waals surface area (Å²) in [5.74, 6) is -0.0167. The second-order valence-electron chi connectivity index (χ2n) is 8.69. The zero-order chi connectivity index (χ0) is 25.6. The summed E-state index contributed by atoms with van der Waals surface area (Å²) in [7, 11) is 1.37.